The van der Waals surface area contributed by atoms with E-state index in [1.54, 1.807) is 0 Å². The monoisotopic (exact) mass is 466 g/mol. The second-order valence-electron chi connectivity index (χ2n) is 10.6. The molecule has 9 rings (SSSR count). The summed E-state index contributed by atoms with van der Waals surface area (Å²) in [5.74, 6) is 0. The fourth-order valence-electron chi connectivity index (χ4n) is 7.19. The molecule has 0 fully saturated rings. The molecule has 0 unspecified atom stereocenters. The highest BCUT2D eigenvalue weighted by Crippen LogP contribution is 2.55. The Kier molecular flexibility index (Phi) is 3.01. The predicted molar refractivity (Wildman–Crippen MR) is 151 cm³/mol. The van der Waals surface area contributed by atoms with Crippen LogP contribution in [0.3, 0.4) is 0 Å². The number of rotatable bonds is 0. The summed E-state index contributed by atoms with van der Waals surface area (Å²) in [4.78, 5) is 0. The van der Waals surface area contributed by atoms with Crippen LogP contribution < -0.4 is 0 Å². The molecule has 166 valence electrons. The average molecular weight is 467 g/mol. The van der Waals surface area contributed by atoms with E-state index in [2.05, 4.69) is 109 Å². The summed E-state index contributed by atoms with van der Waals surface area (Å²) < 4.78 is 7.81. The molecule has 0 saturated heterocycles. The molecule has 0 aliphatic heterocycles. The standard InChI is InChI=1S/C32H22N2S/c1-32(2)21-12-6-4-9-17(21)25-19-11-8-13-22-26(19)27-23(33(22)3)16-15-20-28(27)34(31(25)32)29-18-10-5-7-14-24(18)35-30(20)29/h4-16H,1-3H3. The molecular formula is C32H22N2S. The highest BCUT2D eigenvalue weighted by molar-refractivity contribution is 7.26. The molecule has 2 nitrogen and oxygen atoms in total. The largest absolute Gasteiger partial charge is 0.344 e. The van der Waals surface area contributed by atoms with E-state index in [1.165, 1.54) is 80.8 Å². The summed E-state index contributed by atoms with van der Waals surface area (Å²) in [7, 11) is 2.22. The van der Waals surface area contributed by atoms with E-state index < -0.39 is 0 Å². The number of fused-ring (bicyclic) bond motifs is 10. The van der Waals surface area contributed by atoms with Gasteiger partial charge in [0.1, 0.15) is 0 Å². The Bertz CT molecular complexity index is 2200. The fourth-order valence-corrected chi connectivity index (χ4v) is 8.41. The Morgan fingerprint density at radius 3 is 2.37 bits per heavy atom. The maximum absolute atomic E-state index is 2.67. The van der Waals surface area contributed by atoms with Crippen LogP contribution in [0.2, 0.25) is 0 Å². The van der Waals surface area contributed by atoms with E-state index in [4.69, 9.17) is 0 Å². The molecule has 0 spiro atoms. The van der Waals surface area contributed by atoms with E-state index in [9.17, 15) is 0 Å². The summed E-state index contributed by atoms with van der Waals surface area (Å²) in [5.41, 5.74) is 10.8. The van der Waals surface area contributed by atoms with Gasteiger partial charge in [0.15, 0.2) is 0 Å². The van der Waals surface area contributed by atoms with Crippen molar-refractivity contribution in [2.24, 2.45) is 7.05 Å². The van der Waals surface area contributed by atoms with Crippen LogP contribution in [0.15, 0.2) is 78.9 Å². The van der Waals surface area contributed by atoms with Crippen molar-refractivity contribution in [3.63, 3.8) is 0 Å². The summed E-state index contributed by atoms with van der Waals surface area (Å²) in [6.45, 7) is 4.83. The summed E-state index contributed by atoms with van der Waals surface area (Å²) in [5, 5.41) is 6.88. The first kappa shape index (κ1) is 18.5. The first-order chi connectivity index (χ1) is 17.1. The van der Waals surface area contributed by atoms with Crippen LogP contribution in [0.4, 0.5) is 0 Å². The zero-order valence-corrected chi connectivity index (χ0v) is 20.6. The van der Waals surface area contributed by atoms with E-state index in [0.29, 0.717) is 0 Å². The lowest BCUT2D eigenvalue weighted by atomic mass is 9.85. The zero-order chi connectivity index (χ0) is 23.2. The third-order valence-corrected chi connectivity index (χ3v) is 9.82. The number of hydrogen-bond donors (Lipinski definition) is 0. The van der Waals surface area contributed by atoms with Crippen molar-refractivity contribution in [1.29, 1.82) is 0 Å². The molecule has 0 bridgehead atoms. The highest BCUT2D eigenvalue weighted by Gasteiger charge is 2.40. The van der Waals surface area contributed by atoms with Crippen LogP contribution in [0.1, 0.15) is 25.1 Å². The molecule has 0 saturated carbocycles. The Balaban J connectivity index is 1.76. The lowest BCUT2D eigenvalue weighted by molar-refractivity contribution is 0.632. The van der Waals surface area contributed by atoms with Crippen molar-refractivity contribution in [2.75, 3.05) is 0 Å². The van der Waals surface area contributed by atoms with Crippen molar-refractivity contribution in [3.05, 3.63) is 90.1 Å². The number of benzene rings is 4. The molecule has 35 heavy (non-hydrogen) atoms. The number of aromatic nitrogens is 2. The Hall–Kier alpha value is -3.82. The molecule has 4 aromatic heterocycles. The third kappa shape index (κ3) is 1.87. The number of nitrogens with zero attached hydrogens (tertiary/aromatic N) is 2. The molecule has 4 heterocycles. The van der Waals surface area contributed by atoms with Crippen LogP contribution >= 0.6 is 11.3 Å². The van der Waals surface area contributed by atoms with Crippen LogP contribution in [-0.4, -0.2) is 8.97 Å². The Morgan fingerprint density at radius 1 is 0.686 bits per heavy atom. The molecular weight excluding hydrogens is 444 g/mol. The second kappa shape index (κ2) is 5.69. The van der Waals surface area contributed by atoms with Gasteiger partial charge in [0.05, 0.1) is 21.3 Å². The van der Waals surface area contributed by atoms with Crippen molar-refractivity contribution >= 4 is 69.7 Å². The number of aryl methyl sites for hydroxylation is 1. The van der Waals surface area contributed by atoms with Crippen molar-refractivity contribution in [3.8, 4) is 11.1 Å². The molecule has 4 aromatic carbocycles. The Labute approximate surface area is 206 Å². The molecule has 1 aliphatic carbocycles. The quantitative estimate of drug-likeness (QED) is 0.211. The minimum atomic E-state index is -0.121. The smallest absolute Gasteiger partial charge is 0.0725 e. The summed E-state index contributed by atoms with van der Waals surface area (Å²) in [6, 6.07) is 29.6. The van der Waals surface area contributed by atoms with Crippen molar-refractivity contribution < 1.29 is 0 Å². The minimum Gasteiger partial charge on any atom is -0.344 e. The molecule has 0 amide bonds. The van der Waals surface area contributed by atoms with Crippen LogP contribution in [0.25, 0.3) is 69.5 Å². The number of hydrogen-bond acceptors (Lipinski definition) is 1. The Morgan fingerprint density at radius 2 is 1.46 bits per heavy atom. The van der Waals surface area contributed by atoms with Crippen molar-refractivity contribution in [2.45, 2.75) is 19.3 Å². The van der Waals surface area contributed by atoms with E-state index >= 15 is 0 Å². The lowest BCUT2D eigenvalue weighted by Gasteiger charge is -2.22. The second-order valence-corrected chi connectivity index (χ2v) is 11.7. The first-order valence-electron chi connectivity index (χ1n) is 12.3. The molecule has 0 radical (unpaired) electrons. The van der Waals surface area contributed by atoms with Gasteiger partial charge in [-0.3, -0.25) is 0 Å². The predicted octanol–water partition coefficient (Wildman–Crippen LogP) is 8.85. The molecule has 8 aromatic rings. The average Bonchev–Trinajstić information content (AvgIpc) is 3.52. The van der Waals surface area contributed by atoms with Gasteiger partial charge in [-0.25, -0.2) is 0 Å². The SMILES string of the molecule is Cn1c2cccc3c4c(n5c6c7ccccc7sc6c6ccc1c(c32)c65)C(C)(C)c1ccccc1-4. The van der Waals surface area contributed by atoms with Gasteiger partial charge < -0.3 is 8.97 Å². The van der Waals surface area contributed by atoms with E-state index in [1.807, 2.05) is 11.3 Å². The van der Waals surface area contributed by atoms with Crippen LogP contribution in [0.5, 0.6) is 0 Å². The minimum absolute atomic E-state index is 0.121. The van der Waals surface area contributed by atoms with Gasteiger partial charge in [0, 0.05) is 55.5 Å². The molecule has 0 N–H and O–H groups in total. The lowest BCUT2D eigenvalue weighted by Crippen LogP contribution is -2.18. The highest BCUT2D eigenvalue weighted by atomic mass is 32.1. The topological polar surface area (TPSA) is 9.34 Å². The van der Waals surface area contributed by atoms with E-state index in [-0.39, 0.29) is 5.41 Å². The van der Waals surface area contributed by atoms with E-state index in [0.717, 1.165) is 0 Å². The number of thiophene rings is 1. The van der Waals surface area contributed by atoms with Gasteiger partial charge in [0.2, 0.25) is 0 Å². The van der Waals surface area contributed by atoms with Gasteiger partial charge in [0.25, 0.3) is 0 Å². The fraction of sp³-hybridized carbons (Fsp3) is 0.125. The molecule has 1 aliphatic rings. The maximum Gasteiger partial charge on any atom is 0.0725 e. The molecule has 0 atom stereocenters. The van der Waals surface area contributed by atoms with Gasteiger partial charge in [-0.1, -0.05) is 68.4 Å². The summed E-state index contributed by atoms with van der Waals surface area (Å²) in [6.07, 6.45) is 0. The van der Waals surface area contributed by atoms with Crippen LogP contribution in [0, 0.1) is 0 Å². The first-order valence-corrected chi connectivity index (χ1v) is 13.1. The summed E-state index contributed by atoms with van der Waals surface area (Å²) >= 11 is 1.94. The van der Waals surface area contributed by atoms with Gasteiger partial charge in [-0.2, -0.15) is 0 Å². The van der Waals surface area contributed by atoms with Crippen molar-refractivity contribution in [1.82, 2.24) is 8.97 Å². The third-order valence-electron chi connectivity index (χ3n) is 8.62. The van der Waals surface area contributed by atoms with Gasteiger partial charge in [-0.05, 0) is 40.8 Å². The normalized spacial score (nSPS) is 14.9. The molecule has 3 heteroatoms. The van der Waals surface area contributed by atoms with Gasteiger partial charge in [-0.15, -0.1) is 11.3 Å². The zero-order valence-electron chi connectivity index (χ0n) is 19.8. The maximum atomic E-state index is 2.67. The van der Waals surface area contributed by atoms with Crippen LogP contribution in [-0.2, 0) is 12.5 Å². The van der Waals surface area contributed by atoms with Gasteiger partial charge >= 0.3 is 0 Å².